The van der Waals surface area contributed by atoms with E-state index in [0.717, 1.165) is 25.1 Å². The third kappa shape index (κ3) is 7.66. The third-order valence-electron chi connectivity index (χ3n) is 2.59. The Labute approximate surface area is 110 Å². The van der Waals surface area contributed by atoms with E-state index in [0.29, 0.717) is 6.42 Å². The molecule has 3 nitrogen and oxygen atoms in total. The van der Waals surface area contributed by atoms with Crippen molar-refractivity contribution in [1.82, 2.24) is 5.32 Å². The van der Waals surface area contributed by atoms with Crippen molar-refractivity contribution >= 4 is 17.7 Å². The fourth-order valence-electron chi connectivity index (χ4n) is 1.48. The van der Waals surface area contributed by atoms with E-state index in [1.165, 1.54) is 0 Å². The summed E-state index contributed by atoms with van der Waals surface area (Å²) in [4.78, 5) is 11.2. The molecule has 0 fully saturated rings. The summed E-state index contributed by atoms with van der Waals surface area (Å²) in [5, 5.41) is 12.4. The predicted molar refractivity (Wildman–Crippen MR) is 75.8 cm³/mol. The molecule has 102 valence electrons. The Morgan fingerprint density at radius 2 is 1.88 bits per heavy atom. The molecule has 0 aliphatic rings. The minimum Gasteiger partial charge on any atom is -0.480 e. The minimum absolute atomic E-state index is 0.260. The maximum Gasteiger partial charge on any atom is 0.323 e. The van der Waals surface area contributed by atoms with Crippen LogP contribution in [0, 0.1) is 0 Å². The van der Waals surface area contributed by atoms with Gasteiger partial charge in [0, 0.05) is 4.75 Å². The van der Waals surface area contributed by atoms with Gasteiger partial charge in [-0.3, -0.25) is 4.79 Å². The van der Waals surface area contributed by atoms with Gasteiger partial charge in [-0.25, -0.2) is 0 Å². The highest BCUT2D eigenvalue weighted by Crippen LogP contribution is 2.25. The molecule has 0 rings (SSSR count). The summed E-state index contributed by atoms with van der Waals surface area (Å²) < 4.78 is 0.260. The van der Waals surface area contributed by atoms with Gasteiger partial charge < -0.3 is 10.4 Å². The van der Waals surface area contributed by atoms with E-state index in [4.69, 9.17) is 0 Å². The highest BCUT2D eigenvalue weighted by molar-refractivity contribution is 8.00. The Balaban J connectivity index is 4.05. The summed E-state index contributed by atoms with van der Waals surface area (Å²) in [5.41, 5.74) is -0.769. The first-order valence-electron chi connectivity index (χ1n) is 6.33. The zero-order valence-corrected chi connectivity index (χ0v) is 12.6. The van der Waals surface area contributed by atoms with Gasteiger partial charge in [0.1, 0.15) is 5.54 Å². The Hall–Kier alpha value is -0.220. The first kappa shape index (κ1) is 16.8. The monoisotopic (exact) mass is 261 g/mol. The van der Waals surface area contributed by atoms with Crippen LogP contribution in [0.3, 0.4) is 0 Å². The zero-order chi connectivity index (χ0) is 13.5. The quantitative estimate of drug-likeness (QED) is 0.659. The fraction of sp³-hybridized carbons (Fsp3) is 0.923. The molecule has 2 N–H and O–H groups in total. The van der Waals surface area contributed by atoms with Gasteiger partial charge in [-0.15, -0.1) is 0 Å². The Morgan fingerprint density at radius 1 is 1.29 bits per heavy atom. The lowest BCUT2D eigenvalue weighted by molar-refractivity contribution is -0.144. The lowest BCUT2D eigenvalue weighted by Gasteiger charge is -2.27. The van der Waals surface area contributed by atoms with Crippen molar-refractivity contribution in [3.63, 3.8) is 0 Å². The normalized spacial score (nSPS) is 15.6. The first-order valence-corrected chi connectivity index (χ1v) is 7.32. The van der Waals surface area contributed by atoms with Crippen molar-refractivity contribution in [2.75, 3.05) is 12.3 Å². The summed E-state index contributed by atoms with van der Waals surface area (Å²) in [5.74, 6) is 0.270. The van der Waals surface area contributed by atoms with Gasteiger partial charge in [-0.05, 0) is 38.5 Å². The Kier molecular flexibility index (Phi) is 7.17. The van der Waals surface area contributed by atoms with Crippen LogP contribution in [0.1, 0.15) is 53.9 Å². The zero-order valence-electron chi connectivity index (χ0n) is 11.8. The minimum atomic E-state index is -0.769. The second kappa shape index (κ2) is 7.27. The number of rotatable bonds is 8. The Bertz CT molecular complexity index is 238. The van der Waals surface area contributed by atoms with Crippen molar-refractivity contribution in [3.05, 3.63) is 0 Å². The maximum absolute atomic E-state index is 11.2. The van der Waals surface area contributed by atoms with Gasteiger partial charge in [-0.1, -0.05) is 27.7 Å². The topological polar surface area (TPSA) is 49.3 Å². The van der Waals surface area contributed by atoms with Crippen molar-refractivity contribution in [3.8, 4) is 0 Å². The number of carboxylic acids is 1. The van der Waals surface area contributed by atoms with Crippen LogP contribution in [0.4, 0.5) is 0 Å². The van der Waals surface area contributed by atoms with Gasteiger partial charge >= 0.3 is 5.97 Å². The van der Waals surface area contributed by atoms with E-state index in [-0.39, 0.29) is 4.75 Å². The van der Waals surface area contributed by atoms with E-state index in [9.17, 15) is 9.90 Å². The highest BCUT2D eigenvalue weighted by Gasteiger charge is 2.31. The van der Waals surface area contributed by atoms with E-state index >= 15 is 0 Å². The fourth-order valence-corrected chi connectivity index (χ4v) is 2.38. The summed E-state index contributed by atoms with van der Waals surface area (Å²) in [6.07, 6.45) is 2.58. The molecule has 0 radical (unpaired) electrons. The largest absolute Gasteiger partial charge is 0.480 e. The van der Waals surface area contributed by atoms with E-state index in [2.05, 4.69) is 26.1 Å². The SMILES string of the molecule is CCCNC(C)(CCCSC(C)(C)C)C(=O)O. The van der Waals surface area contributed by atoms with Gasteiger partial charge in [0.2, 0.25) is 0 Å². The van der Waals surface area contributed by atoms with Crippen molar-refractivity contribution < 1.29 is 9.90 Å². The lowest BCUT2D eigenvalue weighted by atomic mass is 9.96. The van der Waals surface area contributed by atoms with Crippen molar-refractivity contribution in [1.29, 1.82) is 0 Å². The average Bonchev–Trinajstić information content (AvgIpc) is 2.20. The van der Waals surface area contributed by atoms with Gasteiger partial charge in [0.05, 0.1) is 0 Å². The lowest BCUT2D eigenvalue weighted by Crippen LogP contribution is -2.49. The molecule has 0 amide bonds. The molecular weight excluding hydrogens is 234 g/mol. The summed E-state index contributed by atoms with van der Waals surface area (Å²) >= 11 is 1.89. The number of carboxylic acid groups (broad SMARTS) is 1. The molecule has 0 aromatic carbocycles. The molecule has 0 aliphatic carbocycles. The smallest absolute Gasteiger partial charge is 0.323 e. The molecular formula is C13H27NO2S. The van der Waals surface area contributed by atoms with E-state index in [1.807, 2.05) is 18.7 Å². The summed E-state index contributed by atoms with van der Waals surface area (Å²) in [6.45, 7) is 11.1. The van der Waals surface area contributed by atoms with Crippen LogP contribution in [0.2, 0.25) is 0 Å². The molecule has 1 unspecified atom stereocenters. The maximum atomic E-state index is 11.2. The molecule has 0 saturated heterocycles. The molecule has 0 aromatic rings. The van der Waals surface area contributed by atoms with Gasteiger partial charge in [0.15, 0.2) is 0 Å². The molecule has 17 heavy (non-hydrogen) atoms. The number of hydrogen-bond donors (Lipinski definition) is 2. The number of aliphatic carboxylic acids is 1. The number of nitrogens with one attached hydrogen (secondary N) is 1. The van der Waals surface area contributed by atoms with Crippen LogP contribution < -0.4 is 5.32 Å². The number of hydrogen-bond acceptors (Lipinski definition) is 3. The highest BCUT2D eigenvalue weighted by atomic mass is 32.2. The second-order valence-electron chi connectivity index (χ2n) is 5.63. The standard InChI is InChI=1S/C13H27NO2S/c1-6-9-14-13(5,11(15)16)8-7-10-17-12(2,3)4/h14H,6-10H2,1-5H3,(H,15,16). The Morgan fingerprint density at radius 3 is 2.29 bits per heavy atom. The summed E-state index contributed by atoms with van der Waals surface area (Å²) in [7, 11) is 0. The van der Waals surface area contributed by atoms with Crippen LogP contribution in [0.15, 0.2) is 0 Å². The molecule has 0 aromatic heterocycles. The number of thioether (sulfide) groups is 1. The molecule has 0 spiro atoms. The molecule has 1 atom stereocenters. The van der Waals surface area contributed by atoms with Gasteiger partial charge in [0.25, 0.3) is 0 Å². The van der Waals surface area contributed by atoms with E-state index < -0.39 is 11.5 Å². The van der Waals surface area contributed by atoms with Crippen molar-refractivity contribution in [2.45, 2.75) is 64.2 Å². The van der Waals surface area contributed by atoms with Crippen LogP contribution in [0.25, 0.3) is 0 Å². The van der Waals surface area contributed by atoms with Gasteiger partial charge in [-0.2, -0.15) is 11.8 Å². The molecule has 0 aliphatic heterocycles. The predicted octanol–water partition coefficient (Wildman–Crippen LogP) is 3.14. The molecule has 0 heterocycles. The molecule has 4 heteroatoms. The third-order valence-corrected chi connectivity index (χ3v) is 3.95. The molecule has 0 bridgehead atoms. The van der Waals surface area contributed by atoms with Crippen LogP contribution in [-0.4, -0.2) is 33.7 Å². The average molecular weight is 261 g/mol. The molecule has 0 saturated carbocycles. The van der Waals surface area contributed by atoms with Crippen LogP contribution in [0.5, 0.6) is 0 Å². The summed E-state index contributed by atoms with van der Waals surface area (Å²) in [6, 6.07) is 0. The second-order valence-corrected chi connectivity index (χ2v) is 7.55. The van der Waals surface area contributed by atoms with E-state index in [1.54, 1.807) is 6.92 Å². The van der Waals surface area contributed by atoms with Crippen LogP contribution in [-0.2, 0) is 4.79 Å². The first-order chi connectivity index (χ1) is 7.71. The van der Waals surface area contributed by atoms with Crippen molar-refractivity contribution in [2.24, 2.45) is 0 Å². The number of carbonyl (C=O) groups is 1. The van der Waals surface area contributed by atoms with Crippen LogP contribution >= 0.6 is 11.8 Å².